The average Bonchev–Trinajstić information content (AvgIpc) is 3.24. The number of aromatic amines is 1. The highest BCUT2D eigenvalue weighted by molar-refractivity contribution is 5.83. The molecule has 27 heavy (non-hydrogen) atoms. The minimum atomic E-state index is 0.150. The number of hydrogen-bond acceptors (Lipinski definition) is 3. The number of nitrogens with one attached hydrogen (secondary N) is 1. The topological polar surface area (TPSA) is 55.5 Å². The average molecular weight is 361 g/mol. The molecule has 3 aromatic rings. The first-order valence-corrected chi connectivity index (χ1v) is 9.51. The normalized spacial score (nSPS) is 20.4. The third-order valence-corrected chi connectivity index (χ3v) is 5.66. The quantitative estimate of drug-likeness (QED) is 0.777. The summed E-state index contributed by atoms with van der Waals surface area (Å²) in [6.45, 7) is 4.92. The number of nitrogens with zero attached hydrogens (tertiary/aromatic N) is 4. The van der Waals surface area contributed by atoms with Crippen molar-refractivity contribution in [1.82, 2.24) is 24.7 Å². The van der Waals surface area contributed by atoms with E-state index in [4.69, 9.17) is 0 Å². The minimum Gasteiger partial charge on any atom is -0.361 e. The number of piperazine rings is 1. The van der Waals surface area contributed by atoms with E-state index in [0.29, 0.717) is 6.54 Å². The summed E-state index contributed by atoms with van der Waals surface area (Å²) in [5.74, 6) is 0. The van der Waals surface area contributed by atoms with Crippen molar-refractivity contribution in [2.45, 2.75) is 19.1 Å². The van der Waals surface area contributed by atoms with Crippen molar-refractivity contribution >= 4 is 16.9 Å². The number of rotatable bonds is 4. The summed E-state index contributed by atoms with van der Waals surface area (Å²) in [4.78, 5) is 26.9. The lowest BCUT2D eigenvalue weighted by atomic mass is 10.1. The Morgan fingerprint density at radius 1 is 1.04 bits per heavy atom. The largest absolute Gasteiger partial charge is 0.361 e. The van der Waals surface area contributed by atoms with Gasteiger partial charge < -0.3 is 14.8 Å². The highest BCUT2D eigenvalue weighted by Gasteiger charge is 2.40. The van der Waals surface area contributed by atoms with Crippen LogP contribution in [0.2, 0.25) is 0 Å². The van der Waals surface area contributed by atoms with E-state index in [2.05, 4.69) is 45.3 Å². The summed E-state index contributed by atoms with van der Waals surface area (Å²) in [6.07, 6.45) is 3.90. The third-order valence-electron chi connectivity index (χ3n) is 5.66. The molecule has 1 aromatic carbocycles. The number of H-pyrrole nitrogens is 1. The maximum atomic E-state index is 12.7. The Balaban J connectivity index is 1.26. The highest BCUT2D eigenvalue weighted by Crippen LogP contribution is 2.25. The van der Waals surface area contributed by atoms with Crippen molar-refractivity contribution in [2.24, 2.45) is 0 Å². The maximum absolute atomic E-state index is 12.7. The molecule has 6 heteroatoms. The lowest BCUT2D eigenvalue weighted by Crippen LogP contribution is -2.51. The van der Waals surface area contributed by atoms with Crippen LogP contribution in [-0.4, -0.2) is 62.9 Å². The summed E-state index contributed by atoms with van der Waals surface area (Å²) in [5.41, 5.74) is 3.46. The molecular weight excluding hydrogens is 338 g/mol. The van der Waals surface area contributed by atoms with Gasteiger partial charge >= 0.3 is 6.03 Å². The van der Waals surface area contributed by atoms with Gasteiger partial charge in [0.25, 0.3) is 0 Å². The zero-order valence-corrected chi connectivity index (χ0v) is 15.2. The molecule has 2 saturated heterocycles. The van der Waals surface area contributed by atoms with Gasteiger partial charge in [0.1, 0.15) is 0 Å². The lowest BCUT2D eigenvalue weighted by molar-refractivity contribution is 0.116. The standard InChI is InChI=1S/C21H23N5O/c27-21-25(13-17-5-3-4-8-22-17)15-18-14-24(9-10-26(18)21)12-16-11-23-20-7-2-1-6-19(16)20/h1-8,11,18,23H,9-10,12-15H2/t18-/m1/s1. The zero-order valence-electron chi connectivity index (χ0n) is 15.2. The Morgan fingerprint density at radius 2 is 1.93 bits per heavy atom. The molecule has 0 bridgehead atoms. The first-order chi connectivity index (χ1) is 13.3. The molecule has 0 unspecified atom stereocenters. The summed E-state index contributed by atoms with van der Waals surface area (Å²) < 4.78 is 0. The molecule has 0 saturated carbocycles. The molecule has 6 nitrogen and oxygen atoms in total. The number of hydrogen-bond donors (Lipinski definition) is 1. The molecule has 1 atom stereocenters. The molecule has 0 aliphatic carbocycles. The van der Waals surface area contributed by atoms with Crippen LogP contribution in [0.3, 0.4) is 0 Å². The van der Waals surface area contributed by atoms with Gasteiger partial charge in [0, 0.05) is 56.0 Å². The molecule has 2 amide bonds. The Bertz CT molecular complexity index is 953. The van der Waals surface area contributed by atoms with E-state index in [-0.39, 0.29) is 12.1 Å². The Labute approximate surface area is 158 Å². The summed E-state index contributed by atoms with van der Waals surface area (Å²) in [7, 11) is 0. The van der Waals surface area contributed by atoms with Crippen LogP contribution in [0.4, 0.5) is 4.79 Å². The van der Waals surface area contributed by atoms with Gasteiger partial charge in [0.2, 0.25) is 0 Å². The molecule has 0 spiro atoms. The van der Waals surface area contributed by atoms with Crippen LogP contribution >= 0.6 is 0 Å². The number of aromatic nitrogens is 2. The van der Waals surface area contributed by atoms with E-state index in [1.54, 1.807) is 6.20 Å². The number of carbonyl (C=O) groups is 1. The number of para-hydroxylation sites is 1. The zero-order chi connectivity index (χ0) is 18.2. The van der Waals surface area contributed by atoms with Crippen molar-refractivity contribution in [3.8, 4) is 0 Å². The van der Waals surface area contributed by atoms with E-state index < -0.39 is 0 Å². The monoisotopic (exact) mass is 361 g/mol. The Kier molecular flexibility index (Phi) is 4.05. The van der Waals surface area contributed by atoms with Gasteiger partial charge in [-0.3, -0.25) is 9.88 Å². The van der Waals surface area contributed by atoms with Crippen molar-refractivity contribution in [3.05, 3.63) is 66.1 Å². The number of urea groups is 1. The van der Waals surface area contributed by atoms with Crippen molar-refractivity contribution in [2.75, 3.05) is 26.2 Å². The van der Waals surface area contributed by atoms with Gasteiger partial charge in [-0.1, -0.05) is 24.3 Å². The highest BCUT2D eigenvalue weighted by atomic mass is 16.2. The van der Waals surface area contributed by atoms with E-state index in [1.165, 1.54) is 16.5 Å². The van der Waals surface area contributed by atoms with Gasteiger partial charge in [0.05, 0.1) is 18.3 Å². The van der Waals surface area contributed by atoms with E-state index in [1.807, 2.05) is 28.0 Å². The molecular formula is C21H23N5O. The van der Waals surface area contributed by atoms with Crippen LogP contribution in [0.1, 0.15) is 11.3 Å². The van der Waals surface area contributed by atoms with E-state index >= 15 is 0 Å². The SMILES string of the molecule is O=C1N(Cc2ccccn2)C[C@H]2CN(Cc3c[nH]c4ccccc34)CCN12. The summed E-state index contributed by atoms with van der Waals surface area (Å²) in [6, 6.07) is 14.7. The molecule has 1 N–H and O–H groups in total. The predicted molar refractivity (Wildman–Crippen MR) is 104 cm³/mol. The molecule has 2 aromatic heterocycles. The molecule has 2 fully saturated rings. The van der Waals surface area contributed by atoms with Crippen LogP contribution in [0, 0.1) is 0 Å². The van der Waals surface area contributed by atoms with Crippen LogP contribution in [0.15, 0.2) is 54.9 Å². The minimum absolute atomic E-state index is 0.150. The fraction of sp³-hybridized carbons (Fsp3) is 0.333. The first kappa shape index (κ1) is 16.3. The molecule has 2 aliphatic rings. The van der Waals surface area contributed by atoms with Gasteiger partial charge in [-0.05, 0) is 23.8 Å². The Morgan fingerprint density at radius 3 is 2.81 bits per heavy atom. The van der Waals surface area contributed by atoms with Crippen LogP contribution < -0.4 is 0 Å². The number of pyridine rings is 1. The van der Waals surface area contributed by atoms with Crippen LogP contribution in [-0.2, 0) is 13.1 Å². The molecule has 5 rings (SSSR count). The maximum Gasteiger partial charge on any atom is 0.320 e. The number of benzene rings is 1. The molecule has 138 valence electrons. The van der Waals surface area contributed by atoms with E-state index in [0.717, 1.165) is 38.4 Å². The van der Waals surface area contributed by atoms with E-state index in [9.17, 15) is 4.79 Å². The fourth-order valence-corrected chi connectivity index (χ4v) is 4.31. The van der Waals surface area contributed by atoms with Crippen LogP contribution in [0.5, 0.6) is 0 Å². The number of amides is 2. The summed E-state index contributed by atoms with van der Waals surface area (Å²) in [5, 5.41) is 1.29. The second-order valence-electron chi connectivity index (χ2n) is 7.43. The lowest BCUT2D eigenvalue weighted by Gasteiger charge is -2.36. The van der Waals surface area contributed by atoms with Gasteiger partial charge in [0.15, 0.2) is 0 Å². The summed E-state index contributed by atoms with van der Waals surface area (Å²) >= 11 is 0. The smallest absolute Gasteiger partial charge is 0.320 e. The van der Waals surface area contributed by atoms with Gasteiger partial charge in [-0.2, -0.15) is 0 Å². The third kappa shape index (κ3) is 3.06. The van der Waals surface area contributed by atoms with Gasteiger partial charge in [-0.15, -0.1) is 0 Å². The Hall–Kier alpha value is -2.86. The second-order valence-corrected chi connectivity index (χ2v) is 7.43. The van der Waals surface area contributed by atoms with Crippen molar-refractivity contribution < 1.29 is 4.79 Å². The van der Waals surface area contributed by atoms with Gasteiger partial charge in [-0.25, -0.2) is 4.79 Å². The van der Waals surface area contributed by atoms with Crippen molar-refractivity contribution in [1.29, 1.82) is 0 Å². The first-order valence-electron chi connectivity index (χ1n) is 9.51. The number of carbonyl (C=O) groups excluding carboxylic acids is 1. The predicted octanol–water partition coefficient (Wildman–Crippen LogP) is 2.68. The fourth-order valence-electron chi connectivity index (χ4n) is 4.31. The molecule has 0 radical (unpaired) electrons. The van der Waals surface area contributed by atoms with Crippen LogP contribution in [0.25, 0.3) is 10.9 Å². The molecule has 4 heterocycles. The number of fused-ring (bicyclic) bond motifs is 2. The van der Waals surface area contributed by atoms with Crippen molar-refractivity contribution in [3.63, 3.8) is 0 Å². The second kappa shape index (κ2) is 6.70. The molecule has 2 aliphatic heterocycles.